The lowest BCUT2D eigenvalue weighted by atomic mass is 10.1. The van der Waals surface area contributed by atoms with E-state index >= 15 is 0 Å². The molecule has 22 heavy (non-hydrogen) atoms. The number of ether oxygens (including phenoxy) is 1. The van der Waals surface area contributed by atoms with Crippen LogP contribution in [0.2, 0.25) is 0 Å². The number of aliphatic hydroxyl groups is 2. The number of aliphatic imine (C=N–C) groups is 1. The van der Waals surface area contributed by atoms with Crippen LogP contribution in [0.3, 0.4) is 0 Å². The highest BCUT2D eigenvalue weighted by Gasteiger charge is 2.42. The largest absolute Gasteiger partial charge is 0.394 e. The summed E-state index contributed by atoms with van der Waals surface area (Å²) in [5.74, 6) is 0.278. The molecule has 0 spiro atoms. The third kappa shape index (κ3) is 2.68. The van der Waals surface area contributed by atoms with Gasteiger partial charge in [0.2, 0.25) is 0 Å². The van der Waals surface area contributed by atoms with Gasteiger partial charge < -0.3 is 14.9 Å². The van der Waals surface area contributed by atoms with Crippen LogP contribution in [0.1, 0.15) is 18.9 Å². The second-order valence-corrected chi connectivity index (χ2v) is 5.39. The Morgan fingerprint density at radius 1 is 1.41 bits per heavy atom. The molecule has 0 bridgehead atoms. The fraction of sp³-hybridized carbons (Fsp3) is 0.375. The molecule has 0 radical (unpaired) electrons. The maximum atomic E-state index is 12.5. The standard InChI is InChI=1S/C16H18N2O4/c1-10-17-12(7-11-5-3-2-4-6-11)16(21)18(10)15-8-13(20)14(9-19)22-15/h2-7,13-15,19-20H,8-9H2,1H3/b12-7+/t13-,14+,15+/m0/s1. The van der Waals surface area contributed by atoms with Crippen LogP contribution >= 0.6 is 0 Å². The highest BCUT2D eigenvalue weighted by molar-refractivity contribution is 6.13. The van der Waals surface area contributed by atoms with Crippen LogP contribution < -0.4 is 0 Å². The Kier molecular flexibility index (Phi) is 4.06. The van der Waals surface area contributed by atoms with E-state index in [1.165, 1.54) is 4.90 Å². The topological polar surface area (TPSA) is 82.4 Å². The predicted molar refractivity (Wildman–Crippen MR) is 80.7 cm³/mol. The van der Waals surface area contributed by atoms with Gasteiger partial charge in [-0.3, -0.25) is 9.69 Å². The van der Waals surface area contributed by atoms with Gasteiger partial charge in [0.25, 0.3) is 5.91 Å². The average molecular weight is 302 g/mol. The molecular formula is C16H18N2O4. The highest BCUT2D eigenvalue weighted by atomic mass is 16.5. The van der Waals surface area contributed by atoms with Gasteiger partial charge in [0, 0.05) is 6.42 Å². The number of carbonyl (C=O) groups excluding carboxylic acids is 1. The summed E-state index contributed by atoms with van der Waals surface area (Å²) in [5, 5.41) is 19.0. The Bertz CT molecular complexity index is 626. The molecule has 2 aliphatic rings. The molecule has 1 saturated heterocycles. The van der Waals surface area contributed by atoms with Gasteiger partial charge >= 0.3 is 0 Å². The van der Waals surface area contributed by atoms with Crippen molar-refractivity contribution < 1.29 is 19.7 Å². The first kappa shape index (κ1) is 14.9. The summed E-state index contributed by atoms with van der Waals surface area (Å²) in [4.78, 5) is 18.3. The predicted octanol–water partition coefficient (Wildman–Crippen LogP) is 0.756. The lowest BCUT2D eigenvalue weighted by Crippen LogP contribution is -2.40. The van der Waals surface area contributed by atoms with E-state index in [9.17, 15) is 9.90 Å². The molecule has 2 aliphatic heterocycles. The van der Waals surface area contributed by atoms with Crippen molar-refractivity contribution in [2.45, 2.75) is 31.8 Å². The van der Waals surface area contributed by atoms with Crippen LogP contribution in [0, 0.1) is 0 Å². The van der Waals surface area contributed by atoms with Crippen molar-refractivity contribution in [1.29, 1.82) is 0 Å². The minimum atomic E-state index is -0.780. The zero-order valence-corrected chi connectivity index (χ0v) is 12.2. The van der Waals surface area contributed by atoms with Crippen molar-refractivity contribution in [2.24, 2.45) is 4.99 Å². The summed E-state index contributed by atoms with van der Waals surface area (Å²) in [7, 11) is 0. The van der Waals surface area contributed by atoms with Gasteiger partial charge in [0.15, 0.2) is 0 Å². The van der Waals surface area contributed by atoms with Crippen molar-refractivity contribution in [3.05, 3.63) is 41.6 Å². The molecule has 0 saturated carbocycles. The van der Waals surface area contributed by atoms with E-state index < -0.39 is 18.4 Å². The lowest BCUT2D eigenvalue weighted by molar-refractivity contribution is -0.133. The Labute approximate surface area is 128 Å². The summed E-state index contributed by atoms with van der Waals surface area (Å²) < 4.78 is 5.54. The quantitative estimate of drug-likeness (QED) is 0.808. The number of aliphatic hydroxyl groups excluding tert-OH is 2. The van der Waals surface area contributed by atoms with Gasteiger partial charge in [-0.1, -0.05) is 30.3 Å². The first-order chi connectivity index (χ1) is 10.6. The van der Waals surface area contributed by atoms with Crippen LogP contribution in [0.15, 0.2) is 41.0 Å². The molecular weight excluding hydrogens is 284 g/mol. The number of hydrogen-bond donors (Lipinski definition) is 2. The van der Waals surface area contributed by atoms with E-state index in [2.05, 4.69) is 4.99 Å². The van der Waals surface area contributed by atoms with Crippen LogP contribution in [-0.4, -0.2) is 51.9 Å². The number of amidine groups is 1. The molecule has 2 N–H and O–H groups in total. The normalized spacial score (nSPS) is 30.2. The first-order valence-electron chi connectivity index (χ1n) is 7.20. The molecule has 0 aliphatic carbocycles. The Morgan fingerprint density at radius 3 is 2.77 bits per heavy atom. The minimum absolute atomic E-state index is 0.253. The molecule has 116 valence electrons. The minimum Gasteiger partial charge on any atom is -0.394 e. The molecule has 1 aromatic carbocycles. The number of rotatable bonds is 3. The Morgan fingerprint density at radius 2 is 2.14 bits per heavy atom. The summed E-state index contributed by atoms with van der Waals surface area (Å²) in [5.41, 5.74) is 1.24. The fourth-order valence-electron chi connectivity index (χ4n) is 2.72. The van der Waals surface area contributed by atoms with Gasteiger partial charge in [-0.15, -0.1) is 0 Å². The molecule has 1 amide bonds. The third-order valence-electron chi connectivity index (χ3n) is 3.84. The maximum absolute atomic E-state index is 12.5. The smallest absolute Gasteiger partial charge is 0.280 e. The van der Waals surface area contributed by atoms with E-state index in [0.717, 1.165) is 5.56 Å². The first-order valence-corrected chi connectivity index (χ1v) is 7.20. The SMILES string of the molecule is CC1=N/C(=C/c2ccccc2)C(=O)N1[C@H]1C[C@H](O)[C@@H](CO)O1. The number of hydrogen-bond acceptors (Lipinski definition) is 5. The molecule has 0 aromatic heterocycles. The van der Waals surface area contributed by atoms with E-state index in [1.54, 1.807) is 13.0 Å². The summed E-state index contributed by atoms with van der Waals surface area (Å²) in [6, 6.07) is 9.48. The molecule has 3 atom stereocenters. The summed E-state index contributed by atoms with van der Waals surface area (Å²) in [6.07, 6.45) is -0.0426. The summed E-state index contributed by atoms with van der Waals surface area (Å²) in [6.45, 7) is 1.45. The maximum Gasteiger partial charge on any atom is 0.280 e. The Hall–Kier alpha value is -2.02. The average Bonchev–Trinajstić information content (AvgIpc) is 3.00. The van der Waals surface area contributed by atoms with Crippen LogP contribution in [-0.2, 0) is 9.53 Å². The Balaban J connectivity index is 1.81. The van der Waals surface area contributed by atoms with Crippen molar-refractivity contribution in [2.75, 3.05) is 6.61 Å². The van der Waals surface area contributed by atoms with Gasteiger partial charge in [0.05, 0.1) is 12.7 Å². The van der Waals surface area contributed by atoms with Gasteiger partial charge in [-0.2, -0.15) is 0 Å². The van der Waals surface area contributed by atoms with Crippen molar-refractivity contribution in [1.82, 2.24) is 4.90 Å². The zero-order valence-electron chi connectivity index (χ0n) is 12.2. The number of carbonyl (C=O) groups is 1. The highest BCUT2D eigenvalue weighted by Crippen LogP contribution is 2.28. The molecule has 6 heteroatoms. The van der Waals surface area contributed by atoms with Crippen molar-refractivity contribution >= 4 is 17.8 Å². The van der Waals surface area contributed by atoms with Gasteiger partial charge in [-0.25, -0.2) is 4.99 Å². The number of benzene rings is 1. The molecule has 6 nitrogen and oxygen atoms in total. The monoisotopic (exact) mass is 302 g/mol. The van der Waals surface area contributed by atoms with Crippen LogP contribution in [0.4, 0.5) is 0 Å². The van der Waals surface area contributed by atoms with E-state index in [0.29, 0.717) is 11.5 Å². The van der Waals surface area contributed by atoms with E-state index in [1.807, 2.05) is 30.3 Å². The summed E-state index contributed by atoms with van der Waals surface area (Å²) >= 11 is 0. The van der Waals surface area contributed by atoms with Gasteiger partial charge in [-0.05, 0) is 18.6 Å². The number of amides is 1. The second-order valence-electron chi connectivity index (χ2n) is 5.39. The van der Waals surface area contributed by atoms with Crippen LogP contribution in [0.25, 0.3) is 6.08 Å². The molecule has 0 unspecified atom stereocenters. The number of nitrogens with zero attached hydrogens (tertiary/aromatic N) is 2. The molecule has 3 rings (SSSR count). The van der Waals surface area contributed by atoms with Gasteiger partial charge in [0.1, 0.15) is 23.9 Å². The van der Waals surface area contributed by atoms with Crippen LogP contribution in [0.5, 0.6) is 0 Å². The zero-order chi connectivity index (χ0) is 15.7. The molecule has 2 heterocycles. The fourth-order valence-corrected chi connectivity index (χ4v) is 2.72. The molecule has 1 aromatic rings. The third-order valence-corrected chi connectivity index (χ3v) is 3.84. The lowest BCUT2D eigenvalue weighted by Gasteiger charge is -2.23. The second kappa shape index (κ2) is 6.00. The van der Waals surface area contributed by atoms with E-state index in [-0.39, 0.29) is 18.9 Å². The molecule has 1 fully saturated rings. The van der Waals surface area contributed by atoms with Crippen molar-refractivity contribution in [3.8, 4) is 0 Å². The van der Waals surface area contributed by atoms with Crippen molar-refractivity contribution in [3.63, 3.8) is 0 Å². The van der Waals surface area contributed by atoms with E-state index in [4.69, 9.17) is 9.84 Å².